The van der Waals surface area contributed by atoms with Gasteiger partial charge in [0.15, 0.2) is 0 Å². The van der Waals surface area contributed by atoms with E-state index in [1.807, 2.05) is 18.4 Å². The number of aromatic nitrogens is 1. The molecule has 1 aromatic heterocycles. The van der Waals surface area contributed by atoms with E-state index in [1.54, 1.807) is 42.2 Å². The van der Waals surface area contributed by atoms with Gasteiger partial charge in [0.1, 0.15) is 0 Å². The molecule has 21 heavy (non-hydrogen) atoms. The monoisotopic (exact) mass is 301 g/mol. The molecule has 0 fully saturated rings. The molecular weight excluding hydrogens is 286 g/mol. The summed E-state index contributed by atoms with van der Waals surface area (Å²) >= 11 is 1.54. The number of hydrogen-bond acceptors (Lipinski definition) is 4. The molecule has 2 N–H and O–H groups in total. The van der Waals surface area contributed by atoms with E-state index in [9.17, 15) is 9.59 Å². The van der Waals surface area contributed by atoms with Crippen molar-refractivity contribution in [2.45, 2.75) is 11.9 Å². The first-order chi connectivity index (χ1) is 10.1. The number of thioether (sulfide) groups is 1. The van der Waals surface area contributed by atoms with Gasteiger partial charge in [-0.25, -0.2) is 4.98 Å². The number of pyridine rings is 1. The predicted molar refractivity (Wildman–Crippen MR) is 84.7 cm³/mol. The SMILES string of the molecule is CSc1ccc(NC(=O)c2ccc(NC(C)=O)cc2)cn1. The number of carbonyl (C=O) groups is 2. The number of nitrogens with one attached hydrogen (secondary N) is 2. The summed E-state index contributed by atoms with van der Waals surface area (Å²) in [6.45, 7) is 1.44. The Hall–Kier alpha value is -2.34. The molecule has 0 atom stereocenters. The van der Waals surface area contributed by atoms with Crippen molar-refractivity contribution in [3.8, 4) is 0 Å². The molecule has 1 aromatic carbocycles. The van der Waals surface area contributed by atoms with Crippen LogP contribution in [0.4, 0.5) is 11.4 Å². The average Bonchev–Trinajstić information content (AvgIpc) is 2.48. The molecule has 2 rings (SSSR count). The summed E-state index contributed by atoms with van der Waals surface area (Å²) in [5.41, 5.74) is 1.81. The van der Waals surface area contributed by atoms with Gasteiger partial charge in [0.25, 0.3) is 5.91 Å². The van der Waals surface area contributed by atoms with Crippen LogP contribution in [0.3, 0.4) is 0 Å². The van der Waals surface area contributed by atoms with E-state index in [2.05, 4.69) is 15.6 Å². The Bertz CT molecular complexity index is 639. The Balaban J connectivity index is 2.03. The van der Waals surface area contributed by atoms with Crippen LogP contribution < -0.4 is 10.6 Å². The zero-order chi connectivity index (χ0) is 15.2. The summed E-state index contributed by atoms with van der Waals surface area (Å²) < 4.78 is 0. The predicted octanol–water partition coefficient (Wildman–Crippen LogP) is 3.01. The van der Waals surface area contributed by atoms with Crippen LogP contribution in [0.5, 0.6) is 0 Å². The number of carbonyl (C=O) groups excluding carboxylic acids is 2. The van der Waals surface area contributed by atoms with Gasteiger partial charge in [-0.15, -0.1) is 11.8 Å². The van der Waals surface area contributed by atoms with E-state index in [4.69, 9.17) is 0 Å². The number of nitrogens with zero attached hydrogens (tertiary/aromatic N) is 1. The van der Waals surface area contributed by atoms with E-state index < -0.39 is 0 Å². The first-order valence-electron chi connectivity index (χ1n) is 6.27. The Morgan fingerprint density at radius 1 is 1.00 bits per heavy atom. The molecule has 0 radical (unpaired) electrons. The van der Waals surface area contributed by atoms with Crippen LogP contribution in [0.15, 0.2) is 47.6 Å². The summed E-state index contributed by atoms with van der Waals surface area (Å²) in [5.74, 6) is -0.366. The number of hydrogen-bond donors (Lipinski definition) is 2. The second kappa shape index (κ2) is 6.90. The van der Waals surface area contributed by atoms with Crippen molar-refractivity contribution in [1.82, 2.24) is 4.98 Å². The van der Waals surface area contributed by atoms with Crippen LogP contribution in [0.1, 0.15) is 17.3 Å². The smallest absolute Gasteiger partial charge is 0.255 e. The van der Waals surface area contributed by atoms with Crippen molar-refractivity contribution in [1.29, 1.82) is 0 Å². The molecule has 2 amide bonds. The molecule has 0 saturated carbocycles. The molecule has 1 heterocycles. The molecule has 0 unspecified atom stereocenters. The highest BCUT2D eigenvalue weighted by atomic mass is 32.2. The van der Waals surface area contributed by atoms with E-state index in [0.29, 0.717) is 16.9 Å². The lowest BCUT2D eigenvalue weighted by atomic mass is 10.2. The minimum atomic E-state index is -0.219. The van der Waals surface area contributed by atoms with Gasteiger partial charge < -0.3 is 10.6 Å². The third-order valence-corrected chi connectivity index (χ3v) is 3.33. The third-order valence-electron chi connectivity index (χ3n) is 2.67. The standard InChI is InChI=1S/C15H15N3O2S/c1-10(19)17-12-5-3-11(4-6-12)15(20)18-13-7-8-14(21-2)16-9-13/h3-9H,1-2H3,(H,17,19)(H,18,20). The highest BCUT2D eigenvalue weighted by molar-refractivity contribution is 7.98. The van der Waals surface area contributed by atoms with Crippen LogP contribution in [-0.2, 0) is 4.79 Å². The van der Waals surface area contributed by atoms with Crippen molar-refractivity contribution < 1.29 is 9.59 Å². The fraction of sp³-hybridized carbons (Fsp3) is 0.133. The largest absolute Gasteiger partial charge is 0.326 e. The fourth-order valence-corrected chi connectivity index (χ4v) is 2.05. The van der Waals surface area contributed by atoms with Crippen LogP contribution in [-0.4, -0.2) is 23.1 Å². The van der Waals surface area contributed by atoms with Gasteiger partial charge >= 0.3 is 0 Å². The molecule has 5 nitrogen and oxygen atoms in total. The maximum atomic E-state index is 12.1. The molecule has 0 aliphatic carbocycles. The van der Waals surface area contributed by atoms with Crippen molar-refractivity contribution in [3.05, 3.63) is 48.2 Å². The third kappa shape index (κ3) is 4.32. The van der Waals surface area contributed by atoms with Gasteiger partial charge in [-0.3, -0.25) is 9.59 Å². The second-order valence-electron chi connectivity index (χ2n) is 4.30. The molecule has 0 spiro atoms. The quantitative estimate of drug-likeness (QED) is 0.852. The number of rotatable bonds is 4. The lowest BCUT2D eigenvalue weighted by Gasteiger charge is -2.07. The first kappa shape index (κ1) is 15.1. The first-order valence-corrected chi connectivity index (χ1v) is 7.50. The van der Waals surface area contributed by atoms with E-state index in [1.165, 1.54) is 6.92 Å². The maximum absolute atomic E-state index is 12.1. The minimum absolute atomic E-state index is 0.146. The zero-order valence-electron chi connectivity index (χ0n) is 11.7. The van der Waals surface area contributed by atoms with Crippen LogP contribution in [0, 0.1) is 0 Å². The fourth-order valence-electron chi connectivity index (χ4n) is 1.69. The highest BCUT2D eigenvalue weighted by Crippen LogP contribution is 2.15. The maximum Gasteiger partial charge on any atom is 0.255 e. The van der Waals surface area contributed by atoms with E-state index in [0.717, 1.165) is 5.03 Å². The Labute approximate surface area is 127 Å². The lowest BCUT2D eigenvalue weighted by molar-refractivity contribution is -0.114. The highest BCUT2D eigenvalue weighted by Gasteiger charge is 2.06. The minimum Gasteiger partial charge on any atom is -0.326 e. The van der Waals surface area contributed by atoms with E-state index >= 15 is 0 Å². The van der Waals surface area contributed by atoms with Gasteiger partial charge in [-0.1, -0.05) is 0 Å². The molecule has 6 heteroatoms. The van der Waals surface area contributed by atoms with Gasteiger partial charge in [0.2, 0.25) is 5.91 Å². The summed E-state index contributed by atoms with van der Waals surface area (Å²) in [6.07, 6.45) is 3.56. The summed E-state index contributed by atoms with van der Waals surface area (Å²) in [6, 6.07) is 10.3. The summed E-state index contributed by atoms with van der Waals surface area (Å²) in [7, 11) is 0. The van der Waals surface area contributed by atoms with Crippen LogP contribution in [0.25, 0.3) is 0 Å². The van der Waals surface area contributed by atoms with Crippen LogP contribution >= 0.6 is 11.8 Å². The second-order valence-corrected chi connectivity index (χ2v) is 5.13. The number of amides is 2. The van der Waals surface area contributed by atoms with E-state index in [-0.39, 0.29) is 11.8 Å². The molecule has 108 valence electrons. The Morgan fingerprint density at radius 2 is 1.67 bits per heavy atom. The van der Waals surface area contributed by atoms with Crippen LogP contribution in [0.2, 0.25) is 0 Å². The Morgan fingerprint density at radius 3 is 2.19 bits per heavy atom. The number of benzene rings is 1. The number of anilines is 2. The van der Waals surface area contributed by atoms with Gasteiger partial charge in [-0.05, 0) is 42.7 Å². The lowest BCUT2D eigenvalue weighted by Crippen LogP contribution is -2.12. The van der Waals surface area contributed by atoms with Crippen molar-refractivity contribution in [3.63, 3.8) is 0 Å². The van der Waals surface area contributed by atoms with Gasteiger partial charge in [0.05, 0.1) is 16.9 Å². The summed E-state index contributed by atoms with van der Waals surface area (Å²) in [5, 5.41) is 6.32. The summed E-state index contributed by atoms with van der Waals surface area (Å²) in [4.78, 5) is 27.2. The molecule has 0 aliphatic heterocycles. The molecule has 2 aromatic rings. The van der Waals surface area contributed by atoms with Crippen molar-refractivity contribution in [2.24, 2.45) is 0 Å². The molecule has 0 saturated heterocycles. The molecule has 0 bridgehead atoms. The van der Waals surface area contributed by atoms with Crippen molar-refractivity contribution in [2.75, 3.05) is 16.9 Å². The average molecular weight is 301 g/mol. The van der Waals surface area contributed by atoms with Gasteiger partial charge in [0, 0.05) is 18.2 Å². The topological polar surface area (TPSA) is 71.1 Å². The van der Waals surface area contributed by atoms with Gasteiger partial charge in [-0.2, -0.15) is 0 Å². The Kier molecular flexibility index (Phi) is 4.94. The zero-order valence-corrected chi connectivity index (χ0v) is 12.5. The molecule has 0 aliphatic rings. The normalized spacial score (nSPS) is 10.0. The molecular formula is C15H15N3O2S. The van der Waals surface area contributed by atoms with Crippen molar-refractivity contribution >= 4 is 35.0 Å².